The van der Waals surface area contributed by atoms with Gasteiger partial charge >= 0.3 is 0 Å². The Bertz CT molecular complexity index is 412. The van der Waals surface area contributed by atoms with Crippen molar-refractivity contribution in [2.24, 2.45) is 0 Å². The van der Waals surface area contributed by atoms with Crippen molar-refractivity contribution in [2.45, 2.75) is 13.0 Å². The third kappa shape index (κ3) is 5.22. The molecule has 0 bridgehead atoms. The number of aliphatic hydroxyl groups excluding tert-OH is 1. The molecule has 92 valence electrons. The predicted octanol–water partition coefficient (Wildman–Crippen LogP) is 2.50. The van der Waals surface area contributed by atoms with E-state index in [0.717, 1.165) is 5.56 Å². The highest BCUT2D eigenvalue weighted by molar-refractivity contribution is 6.34. The molecule has 1 atom stereocenters. The third-order valence-corrected chi connectivity index (χ3v) is 2.41. The molecule has 1 aromatic rings. The van der Waals surface area contributed by atoms with Gasteiger partial charge in [0.05, 0.1) is 6.61 Å². The fourth-order valence-electron chi connectivity index (χ4n) is 1.18. The van der Waals surface area contributed by atoms with Crippen molar-refractivity contribution in [1.82, 2.24) is 5.32 Å². The van der Waals surface area contributed by atoms with Crippen molar-refractivity contribution in [3.05, 3.63) is 39.9 Å². The second-order valence-electron chi connectivity index (χ2n) is 3.63. The number of carbonyl (C=O) groups excluding carboxylic acids is 1. The number of rotatable bonds is 4. The van der Waals surface area contributed by atoms with E-state index in [4.69, 9.17) is 28.3 Å². The minimum atomic E-state index is -0.275. The van der Waals surface area contributed by atoms with E-state index in [1.807, 2.05) is 0 Å². The summed E-state index contributed by atoms with van der Waals surface area (Å²) >= 11 is 11.6. The lowest BCUT2D eigenvalue weighted by Crippen LogP contribution is -2.33. The fourth-order valence-corrected chi connectivity index (χ4v) is 1.72. The van der Waals surface area contributed by atoms with Crippen molar-refractivity contribution in [3.8, 4) is 0 Å². The molecule has 0 radical (unpaired) electrons. The second kappa shape index (κ2) is 6.64. The molecule has 1 rings (SSSR count). The van der Waals surface area contributed by atoms with E-state index >= 15 is 0 Å². The van der Waals surface area contributed by atoms with E-state index in [2.05, 4.69) is 5.32 Å². The maximum atomic E-state index is 11.4. The Morgan fingerprint density at radius 3 is 2.53 bits per heavy atom. The van der Waals surface area contributed by atoms with Gasteiger partial charge in [-0.05, 0) is 36.8 Å². The minimum absolute atomic E-state index is 0.0947. The van der Waals surface area contributed by atoms with Gasteiger partial charge in [0.1, 0.15) is 0 Å². The molecule has 0 aliphatic heterocycles. The lowest BCUT2D eigenvalue weighted by molar-refractivity contribution is -0.117. The highest BCUT2D eigenvalue weighted by Crippen LogP contribution is 2.19. The Balaban J connectivity index is 2.67. The first kappa shape index (κ1) is 14.0. The highest BCUT2D eigenvalue weighted by Gasteiger charge is 2.02. The topological polar surface area (TPSA) is 49.3 Å². The van der Waals surface area contributed by atoms with E-state index in [1.54, 1.807) is 31.2 Å². The summed E-state index contributed by atoms with van der Waals surface area (Å²) in [6.45, 7) is 1.62. The highest BCUT2D eigenvalue weighted by atomic mass is 35.5. The number of benzene rings is 1. The summed E-state index contributed by atoms with van der Waals surface area (Å²) in [5.41, 5.74) is 0.745. The normalized spacial score (nSPS) is 12.7. The zero-order chi connectivity index (χ0) is 12.8. The van der Waals surface area contributed by atoms with Crippen LogP contribution in [0.5, 0.6) is 0 Å². The monoisotopic (exact) mass is 273 g/mol. The Kier molecular flexibility index (Phi) is 5.48. The molecule has 1 amide bonds. The van der Waals surface area contributed by atoms with E-state index in [-0.39, 0.29) is 18.6 Å². The summed E-state index contributed by atoms with van der Waals surface area (Å²) < 4.78 is 0. The first-order valence-corrected chi connectivity index (χ1v) is 5.82. The lowest BCUT2D eigenvalue weighted by atomic mass is 10.2. The lowest BCUT2D eigenvalue weighted by Gasteiger charge is -2.07. The van der Waals surface area contributed by atoms with Gasteiger partial charge in [0.15, 0.2) is 0 Å². The van der Waals surface area contributed by atoms with Crippen LogP contribution in [0.1, 0.15) is 12.5 Å². The van der Waals surface area contributed by atoms with Gasteiger partial charge < -0.3 is 10.4 Å². The molecule has 17 heavy (non-hydrogen) atoms. The van der Waals surface area contributed by atoms with E-state index in [9.17, 15) is 4.79 Å². The van der Waals surface area contributed by atoms with Crippen LogP contribution in [0.4, 0.5) is 0 Å². The molecule has 1 aromatic carbocycles. The maximum absolute atomic E-state index is 11.4. The number of carbonyl (C=O) groups is 1. The van der Waals surface area contributed by atoms with Gasteiger partial charge in [0, 0.05) is 22.2 Å². The first-order chi connectivity index (χ1) is 8.01. The van der Waals surface area contributed by atoms with Crippen LogP contribution in [0.2, 0.25) is 10.0 Å². The molecule has 0 spiro atoms. The summed E-state index contributed by atoms with van der Waals surface area (Å²) in [5.74, 6) is -0.275. The number of hydrogen-bond donors (Lipinski definition) is 2. The van der Waals surface area contributed by atoms with Gasteiger partial charge in [-0.2, -0.15) is 0 Å². The van der Waals surface area contributed by atoms with Crippen LogP contribution in [-0.2, 0) is 4.79 Å². The molecule has 2 N–H and O–H groups in total. The van der Waals surface area contributed by atoms with Gasteiger partial charge in [0.2, 0.25) is 5.91 Å². The summed E-state index contributed by atoms with van der Waals surface area (Å²) in [6.07, 6.45) is 2.98. The molecular formula is C12H13Cl2NO2. The fraction of sp³-hybridized carbons (Fsp3) is 0.250. The standard InChI is InChI=1S/C12H13Cl2NO2/c1-8(7-16)15-12(17)3-2-9-4-10(13)6-11(14)5-9/h2-6,8,16H,7H2,1H3,(H,15,17)/t8-/m1/s1. The largest absolute Gasteiger partial charge is 0.394 e. The molecule has 0 heterocycles. The van der Waals surface area contributed by atoms with Crippen LogP contribution in [0.3, 0.4) is 0 Å². The Labute approximate surface area is 110 Å². The van der Waals surface area contributed by atoms with Gasteiger partial charge in [0.25, 0.3) is 0 Å². The van der Waals surface area contributed by atoms with Crippen LogP contribution in [-0.4, -0.2) is 23.7 Å². The number of amides is 1. The summed E-state index contributed by atoms with van der Waals surface area (Å²) in [5, 5.41) is 12.4. The Morgan fingerprint density at radius 2 is 2.00 bits per heavy atom. The van der Waals surface area contributed by atoms with Gasteiger partial charge in [-0.25, -0.2) is 0 Å². The van der Waals surface area contributed by atoms with E-state index < -0.39 is 0 Å². The average molecular weight is 274 g/mol. The van der Waals surface area contributed by atoms with Crippen molar-refractivity contribution in [3.63, 3.8) is 0 Å². The van der Waals surface area contributed by atoms with Crippen LogP contribution < -0.4 is 5.32 Å². The molecule has 0 saturated carbocycles. The molecule has 3 nitrogen and oxygen atoms in total. The molecule has 5 heteroatoms. The molecular weight excluding hydrogens is 261 g/mol. The number of nitrogens with one attached hydrogen (secondary N) is 1. The molecule has 0 unspecified atom stereocenters. The first-order valence-electron chi connectivity index (χ1n) is 5.07. The molecule has 0 saturated heterocycles. The predicted molar refractivity (Wildman–Crippen MR) is 70.2 cm³/mol. The number of hydrogen-bond acceptors (Lipinski definition) is 2. The maximum Gasteiger partial charge on any atom is 0.244 e. The van der Waals surface area contributed by atoms with Crippen molar-refractivity contribution in [2.75, 3.05) is 6.61 Å². The van der Waals surface area contributed by atoms with Crippen LogP contribution in [0.15, 0.2) is 24.3 Å². The van der Waals surface area contributed by atoms with Gasteiger partial charge in [-0.1, -0.05) is 23.2 Å². The van der Waals surface area contributed by atoms with Gasteiger partial charge in [-0.3, -0.25) is 4.79 Å². The van der Waals surface area contributed by atoms with Crippen molar-refractivity contribution < 1.29 is 9.90 Å². The van der Waals surface area contributed by atoms with E-state index in [0.29, 0.717) is 10.0 Å². The molecule has 0 fully saturated rings. The zero-order valence-corrected chi connectivity index (χ0v) is 10.8. The quantitative estimate of drug-likeness (QED) is 0.829. The number of halogens is 2. The Morgan fingerprint density at radius 1 is 1.41 bits per heavy atom. The van der Waals surface area contributed by atoms with E-state index in [1.165, 1.54) is 6.08 Å². The molecule has 0 aliphatic rings. The Hall–Kier alpha value is -1.03. The van der Waals surface area contributed by atoms with Crippen LogP contribution in [0, 0.1) is 0 Å². The summed E-state index contributed by atoms with van der Waals surface area (Å²) in [7, 11) is 0. The van der Waals surface area contributed by atoms with Crippen LogP contribution >= 0.6 is 23.2 Å². The minimum Gasteiger partial charge on any atom is -0.394 e. The smallest absolute Gasteiger partial charge is 0.244 e. The summed E-state index contributed by atoms with van der Waals surface area (Å²) in [4.78, 5) is 11.4. The molecule has 0 aromatic heterocycles. The molecule has 0 aliphatic carbocycles. The summed E-state index contributed by atoms with van der Waals surface area (Å²) in [6, 6.07) is 4.75. The number of aliphatic hydroxyl groups is 1. The SMILES string of the molecule is C[C@H](CO)NC(=O)C=Cc1cc(Cl)cc(Cl)c1. The zero-order valence-electron chi connectivity index (χ0n) is 9.28. The third-order valence-electron chi connectivity index (χ3n) is 1.97. The second-order valence-corrected chi connectivity index (χ2v) is 4.50. The van der Waals surface area contributed by atoms with Crippen molar-refractivity contribution in [1.29, 1.82) is 0 Å². The van der Waals surface area contributed by atoms with Gasteiger partial charge in [-0.15, -0.1) is 0 Å². The van der Waals surface area contributed by atoms with Crippen LogP contribution in [0.25, 0.3) is 6.08 Å². The van der Waals surface area contributed by atoms with Crippen molar-refractivity contribution >= 4 is 35.2 Å². The average Bonchev–Trinajstić information content (AvgIpc) is 2.25.